The first-order valence-corrected chi connectivity index (χ1v) is 21.5. The van der Waals surface area contributed by atoms with E-state index in [1.54, 1.807) is 48.5 Å². The highest BCUT2D eigenvalue weighted by atomic mass is 16.6. The molecule has 1 amide bonds. The van der Waals surface area contributed by atoms with E-state index in [2.05, 4.69) is 5.32 Å². The number of nitrogens with one attached hydrogen (secondary N) is 1. The van der Waals surface area contributed by atoms with E-state index in [9.17, 15) is 59.5 Å². The number of non-ortho nitro benzene ring substituents is 2. The van der Waals surface area contributed by atoms with Gasteiger partial charge in [0.2, 0.25) is 0 Å². The molecule has 11 atom stereocenters. The van der Waals surface area contributed by atoms with Crippen molar-refractivity contribution >= 4 is 46.9 Å². The molecular formula is C47H49N3O18. The SMILES string of the molecule is CC(=O)O[C@H]1C(=O)[C@@]2(C)[C@H]([C@H](OC(=O)c3cc([N+](=O)[O-])cc([N+](=O)[O-])c3)[C@]3(O)C[C@H](OC(=O)[C@H](O)[C@@H](NC(=O)c4ccccc4)c4ccccc4)C(C)=C1C3(C)C)[C@]1(OC(C)=O)CO[C@@H]1C[C@@H]2O. The van der Waals surface area contributed by atoms with Crippen LogP contribution in [0.1, 0.15) is 86.7 Å². The predicted molar refractivity (Wildman–Crippen MR) is 231 cm³/mol. The molecule has 0 aromatic heterocycles. The lowest BCUT2D eigenvalue weighted by Gasteiger charge is -2.67. The van der Waals surface area contributed by atoms with Gasteiger partial charge in [-0.15, -0.1) is 0 Å². The topological polar surface area (TPSA) is 308 Å². The molecule has 4 aliphatic rings. The first kappa shape index (κ1) is 49.0. The van der Waals surface area contributed by atoms with Crippen molar-refractivity contribution in [1.29, 1.82) is 0 Å². The van der Waals surface area contributed by atoms with Gasteiger partial charge >= 0.3 is 23.9 Å². The second-order valence-corrected chi connectivity index (χ2v) is 18.2. The molecule has 3 aliphatic carbocycles. The fraction of sp³-hybridized carbons (Fsp3) is 0.447. The van der Waals surface area contributed by atoms with Crippen LogP contribution in [0.3, 0.4) is 0 Å². The van der Waals surface area contributed by atoms with Crippen LogP contribution in [0.5, 0.6) is 0 Å². The van der Waals surface area contributed by atoms with E-state index in [4.69, 9.17) is 23.7 Å². The lowest BCUT2D eigenvalue weighted by Crippen LogP contribution is -2.82. The molecule has 3 aromatic rings. The Morgan fingerprint density at radius 1 is 0.853 bits per heavy atom. The van der Waals surface area contributed by atoms with Crippen molar-refractivity contribution in [3.63, 3.8) is 0 Å². The molecule has 1 saturated heterocycles. The van der Waals surface area contributed by atoms with Crippen molar-refractivity contribution in [3.05, 3.63) is 127 Å². The van der Waals surface area contributed by atoms with Gasteiger partial charge in [0.25, 0.3) is 17.3 Å². The molecule has 21 heteroatoms. The summed E-state index contributed by atoms with van der Waals surface area (Å²) in [6.45, 7) is 7.01. The third kappa shape index (κ3) is 8.17. The van der Waals surface area contributed by atoms with Gasteiger partial charge in [-0.2, -0.15) is 0 Å². The zero-order valence-electron chi connectivity index (χ0n) is 37.6. The van der Waals surface area contributed by atoms with Gasteiger partial charge in [-0.3, -0.25) is 39.4 Å². The summed E-state index contributed by atoms with van der Waals surface area (Å²) in [4.78, 5) is 106. The predicted octanol–water partition coefficient (Wildman–Crippen LogP) is 3.55. The number of nitro groups is 2. The summed E-state index contributed by atoms with van der Waals surface area (Å²) >= 11 is 0. The van der Waals surface area contributed by atoms with Crippen LogP contribution < -0.4 is 5.32 Å². The standard InChI is InChI=1S/C47H49N3O18/c1-23-31(66-43(58)36(54)35(26-13-9-7-10-14-26)48-41(56)27-15-11-8-12-16-27)21-47(59)40(67-42(57)28-17-29(49(60)61)19-30(18-28)50(62)63)38-45(6,32(53)20-33-46(38,22-64-33)68-25(3)52)39(55)37(65-24(2)51)34(23)44(47,4)5/h7-19,31-33,35-38,40,53-54,59H,20-22H2,1-6H3,(H,48,56)/t31-,32-,33+,35-,36+,37+,38-,40-,45+,46-,47+/m0/s1. The van der Waals surface area contributed by atoms with Crippen molar-refractivity contribution < 1.29 is 77.6 Å². The molecular weight excluding hydrogens is 895 g/mol. The maximum atomic E-state index is 15.6. The normalized spacial score (nSPS) is 30.0. The zero-order valence-corrected chi connectivity index (χ0v) is 37.6. The van der Waals surface area contributed by atoms with Gasteiger partial charge < -0.3 is 44.3 Å². The fourth-order valence-electron chi connectivity index (χ4n) is 10.5. The zero-order chi connectivity index (χ0) is 49.8. The minimum Gasteiger partial charge on any atom is -0.456 e. The number of hydrogen-bond donors (Lipinski definition) is 4. The second-order valence-electron chi connectivity index (χ2n) is 18.2. The molecule has 3 fully saturated rings. The number of amides is 1. The number of rotatable bonds is 12. The first-order chi connectivity index (χ1) is 31.9. The van der Waals surface area contributed by atoms with Crippen molar-refractivity contribution in [2.45, 2.75) is 108 Å². The van der Waals surface area contributed by atoms with Gasteiger partial charge in [0.1, 0.15) is 23.9 Å². The summed E-state index contributed by atoms with van der Waals surface area (Å²) in [5.74, 6) is -8.33. The molecule has 21 nitrogen and oxygen atoms in total. The molecule has 7 rings (SSSR count). The highest BCUT2D eigenvalue weighted by Gasteiger charge is 2.78. The summed E-state index contributed by atoms with van der Waals surface area (Å²) in [6.07, 6.45) is -12.1. The van der Waals surface area contributed by atoms with E-state index in [-0.39, 0.29) is 28.7 Å². The average molecular weight is 944 g/mol. The second kappa shape index (κ2) is 17.9. The van der Waals surface area contributed by atoms with Crippen LogP contribution in [0.25, 0.3) is 0 Å². The lowest BCUT2D eigenvalue weighted by molar-refractivity contribution is -0.394. The van der Waals surface area contributed by atoms with E-state index >= 15 is 4.79 Å². The molecule has 2 saturated carbocycles. The van der Waals surface area contributed by atoms with E-state index in [0.717, 1.165) is 13.8 Å². The number of aliphatic hydroxyl groups is 3. The largest absolute Gasteiger partial charge is 0.456 e. The Kier molecular flexibility index (Phi) is 12.9. The van der Waals surface area contributed by atoms with E-state index in [1.807, 2.05) is 0 Å². The number of Topliss-reactive ketones (excluding diaryl/α,β-unsaturated/α-hetero) is 1. The highest BCUT2D eigenvalue weighted by molar-refractivity contribution is 5.96. The number of fused-ring (bicyclic) bond motifs is 5. The Bertz CT molecular complexity index is 2590. The number of ketones is 1. The molecule has 1 aliphatic heterocycles. The molecule has 0 unspecified atom stereocenters. The molecule has 68 heavy (non-hydrogen) atoms. The maximum absolute atomic E-state index is 15.6. The Morgan fingerprint density at radius 2 is 1.44 bits per heavy atom. The van der Waals surface area contributed by atoms with Crippen molar-refractivity contribution in [2.75, 3.05) is 6.61 Å². The van der Waals surface area contributed by atoms with Crippen molar-refractivity contribution in [2.24, 2.45) is 16.7 Å². The third-order valence-electron chi connectivity index (χ3n) is 14.0. The molecule has 0 spiro atoms. The number of carbonyl (C=O) groups excluding carboxylic acids is 6. The summed E-state index contributed by atoms with van der Waals surface area (Å²) in [5, 5.41) is 64.2. The number of hydrogen-bond acceptors (Lipinski definition) is 18. The number of nitrogens with zero attached hydrogens (tertiary/aromatic N) is 2. The summed E-state index contributed by atoms with van der Waals surface area (Å²) in [5.41, 5.74) is -11.1. The Balaban J connectivity index is 1.42. The summed E-state index contributed by atoms with van der Waals surface area (Å²) in [7, 11) is 0. The lowest BCUT2D eigenvalue weighted by atomic mass is 9.44. The molecule has 360 valence electrons. The van der Waals surface area contributed by atoms with Crippen LogP contribution in [0.2, 0.25) is 0 Å². The number of ether oxygens (including phenoxy) is 5. The van der Waals surface area contributed by atoms with Crippen LogP contribution in [0.4, 0.5) is 11.4 Å². The maximum Gasteiger partial charge on any atom is 0.339 e. The van der Waals surface area contributed by atoms with Gasteiger partial charge in [-0.25, -0.2) is 9.59 Å². The van der Waals surface area contributed by atoms with Crippen LogP contribution in [0.15, 0.2) is 90.0 Å². The van der Waals surface area contributed by atoms with Crippen molar-refractivity contribution in [3.8, 4) is 0 Å². The van der Waals surface area contributed by atoms with Crippen molar-refractivity contribution in [1.82, 2.24) is 5.32 Å². The minimum absolute atomic E-state index is 0.0238. The third-order valence-corrected chi connectivity index (χ3v) is 14.0. The van der Waals surface area contributed by atoms with Gasteiger partial charge in [0.15, 0.2) is 23.6 Å². The van der Waals surface area contributed by atoms with Crippen LogP contribution in [-0.2, 0) is 42.9 Å². The average Bonchev–Trinajstić information content (AvgIpc) is 3.28. The smallest absolute Gasteiger partial charge is 0.339 e. The van der Waals surface area contributed by atoms with Crippen LogP contribution >= 0.6 is 0 Å². The number of benzene rings is 3. The Morgan fingerprint density at radius 3 is 1.97 bits per heavy atom. The van der Waals surface area contributed by atoms with Gasteiger partial charge in [0, 0.05) is 49.8 Å². The highest BCUT2D eigenvalue weighted by Crippen LogP contribution is 2.64. The number of carbonyl (C=O) groups is 6. The quantitative estimate of drug-likeness (QED) is 0.0663. The number of nitro benzene ring substituents is 2. The minimum atomic E-state index is -2.68. The molecule has 0 radical (unpaired) electrons. The summed E-state index contributed by atoms with van der Waals surface area (Å²) in [6, 6.07) is 16.4. The van der Waals surface area contributed by atoms with E-state index < -0.39 is 146 Å². The Hall–Kier alpha value is -6.94. The molecule has 1 heterocycles. The van der Waals surface area contributed by atoms with Crippen LogP contribution in [-0.4, -0.2) is 115 Å². The molecule has 2 bridgehead atoms. The monoisotopic (exact) mass is 943 g/mol. The number of esters is 4. The van der Waals surface area contributed by atoms with Gasteiger partial charge in [0.05, 0.1) is 51.6 Å². The first-order valence-electron chi connectivity index (χ1n) is 21.5. The van der Waals surface area contributed by atoms with Crippen LogP contribution in [0, 0.1) is 37.0 Å². The number of aliphatic hydroxyl groups excluding tert-OH is 2. The van der Waals surface area contributed by atoms with Gasteiger partial charge in [-0.1, -0.05) is 62.4 Å². The Labute approximate surface area is 387 Å². The van der Waals surface area contributed by atoms with E-state index in [0.29, 0.717) is 18.2 Å². The molecule has 4 N–H and O–H groups in total. The van der Waals surface area contributed by atoms with Gasteiger partial charge in [-0.05, 0) is 42.7 Å². The molecule has 3 aromatic carbocycles. The van der Waals surface area contributed by atoms with E-state index in [1.165, 1.54) is 39.8 Å². The fourth-order valence-corrected chi connectivity index (χ4v) is 10.5. The summed E-state index contributed by atoms with van der Waals surface area (Å²) < 4.78 is 29.8.